The summed E-state index contributed by atoms with van der Waals surface area (Å²) in [6.45, 7) is 6.23. The van der Waals surface area contributed by atoms with Crippen LogP contribution < -0.4 is 10.6 Å². The molecule has 1 aliphatic rings. The van der Waals surface area contributed by atoms with E-state index in [1.165, 1.54) is 11.3 Å². The van der Waals surface area contributed by atoms with E-state index in [1.807, 2.05) is 0 Å². The van der Waals surface area contributed by atoms with Crippen LogP contribution in [0.15, 0.2) is 0 Å². The molecule has 0 atom stereocenters. The molecule has 4 heteroatoms. The molecule has 0 spiro atoms. The summed E-state index contributed by atoms with van der Waals surface area (Å²) in [5.41, 5.74) is 2.59. The maximum atomic E-state index is 4.26. The second-order valence-electron chi connectivity index (χ2n) is 3.76. The Kier molecular flexibility index (Phi) is 2.22. The Morgan fingerprint density at radius 3 is 3.08 bits per heavy atom. The minimum Gasteiger partial charge on any atom is -0.366 e. The SMILES string of the molecule is CC(C)Nc1n[nH]c2c1CNCC2. The topological polar surface area (TPSA) is 52.7 Å². The molecule has 0 unspecified atom stereocenters. The Labute approximate surface area is 78.1 Å². The molecule has 4 nitrogen and oxygen atoms in total. The summed E-state index contributed by atoms with van der Waals surface area (Å²) in [7, 11) is 0. The monoisotopic (exact) mass is 180 g/mol. The van der Waals surface area contributed by atoms with Crippen molar-refractivity contribution < 1.29 is 0 Å². The van der Waals surface area contributed by atoms with Crippen molar-refractivity contribution in [3.8, 4) is 0 Å². The molecule has 0 fully saturated rings. The van der Waals surface area contributed by atoms with Gasteiger partial charge in [0.1, 0.15) is 0 Å². The molecule has 0 amide bonds. The van der Waals surface area contributed by atoms with Crippen LogP contribution >= 0.6 is 0 Å². The average molecular weight is 180 g/mol. The van der Waals surface area contributed by atoms with Gasteiger partial charge in [-0.3, -0.25) is 5.10 Å². The zero-order valence-corrected chi connectivity index (χ0v) is 8.15. The van der Waals surface area contributed by atoms with Gasteiger partial charge in [0.2, 0.25) is 0 Å². The minimum absolute atomic E-state index is 0.439. The molecule has 0 bridgehead atoms. The first-order valence-corrected chi connectivity index (χ1v) is 4.80. The fourth-order valence-corrected chi connectivity index (χ4v) is 1.62. The lowest BCUT2D eigenvalue weighted by molar-refractivity contribution is 0.637. The first-order valence-electron chi connectivity index (χ1n) is 4.80. The first kappa shape index (κ1) is 8.56. The maximum Gasteiger partial charge on any atom is 0.152 e. The molecule has 0 saturated heterocycles. The van der Waals surface area contributed by atoms with Gasteiger partial charge >= 0.3 is 0 Å². The van der Waals surface area contributed by atoms with Crippen LogP contribution in [0.4, 0.5) is 5.82 Å². The molecule has 0 radical (unpaired) electrons. The van der Waals surface area contributed by atoms with Gasteiger partial charge in [0.25, 0.3) is 0 Å². The second-order valence-corrected chi connectivity index (χ2v) is 3.76. The quantitative estimate of drug-likeness (QED) is 0.633. The summed E-state index contributed by atoms with van der Waals surface area (Å²) >= 11 is 0. The van der Waals surface area contributed by atoms with Crippen LogP contribution in [0.3, 0.4) is 0 Å². The standard InChI is InChI=1S/C9H16N4/c1-6(2)11-9-7-5-10-4-3-8(7)12-13-9/h6,10H,3-5H2,1-2H3,(H2,11,12,13). The highest BCUT2D eigenvalue weighted by molar-refractivity contribution is 5.47. The van der Waals surface area contributed by atoms with Gasteiger partial charge in [0.15, 0.2) is 5.82 Å². The van der Waals surface area contributed by atoms with Crippen molar-refractivity contribution in [3.05, 3.63) is 11.3 Å². The molecule has 1 aliphatic heterocycles. The molecule has 0 saturated carbocycles. The highest BCUT2D eigenvalue weighted by Crippen LogP contribution is 2.19. The average Bonchev–Trinajstić information content (AvgIpc) is 2.48. The van der Waals surface area contributed by atoms with E-state index in [2.05, 4.69) is 34.7 Å². The van der Waals surface area contributed by atoms with Crippen LogP contribution in [0.2, 0.25) is 0 Å². The summed E-state index contributed by atoms with van der Waals surface area (Å²) in [5.74, 6) is 1.01. The number of H-pyrrole nitrogens is 1. The summed E-state index contributed by atoms with van der Waals surface area (Å²) in [5, 5.41) is 14.0. The van der Waals surface area contributed by atoms with Crippen molar-refractivity contribution in [2.75, 3.05) is 11.9 Å². The Bertz CT molecular complexity index is 290. The lowest BCUT2D eigenvalue weighted by Crippen LogP contribution is -2.24. The van der Waals surface area contributed by atoms with Crippen molar-refractivity contribution in [3.63, 3.8) is 0 Å². The number of aromatic nitrogens is 2. The van der Waals surface area contributed by atoms with Gasteiger partial charge in [-0.2, -0.15) is 5.10 Å². The third-order valence-electron chi connectivity index (χ3n) is 2.23. The van der Waals surface area contributed by atoms with Gasteiger partial charge in [0, 0.05) is 36.8 Å². The van der Waals surface area contributed by atoms with Crippen molar-refractivity contribution in [1.29, 1.82) is 0 Å². The van der Waals surface area contributed by atoms with Gasteiger partial charge in [-0.25, -0.2) is 0 Å². The Balaban J connectivity index is 2.21. The lowest BCUT2D eigenvalue weighted by Gasteiger charge is -2.14. The molecular weight excluding hydrogens is 164 g/mol. The predicted molar refractivity (Wildman–Crippen MR) is 52.8 cm³/mol. The van der Waals surface area contributed by atoms with Crippen LogP contribution in [0.1, 0.15) is 25.1 Å². The van der Waals surface area contributed by atoms with Gasteiger partial charge in [0.05, 0.1) is 0 Å². The molecule has 0 aliphatic carbocycles. The van der Waals surface area contributed by atoms with Crippen LogP contribution in [-0.4, -0.2) is 22.8 Å². The molecule has 3 N–H and O–H groups in total. The van der Waals surface area contributed by atoms with E-state index in [0.29, 0.717) is 6.04 Å². The molecule has 13 heavy (non-hydrogen) atoms. The number of anilines is 1. The van der Waals surface area contributed by atoms with E-state index in [1.54, 1.807) is 0 Å². The summed E-state index contributed by atoms with van der Waals surface area (Å²) < 4.78 is 0. The summed E-state index contributed by atoms with van der Waals surface area (Å²) in [4.78, 5) is 0. The number of hydrogen-bond acceptors (Lipinski definition) is 3. The molecule has 72 valence electrons. The number of aromatic amines is 1. The summed E-state index contributed by atoms with van der Waals surface area (Å²) in [6.07, 6.45) is 1.06. The summed E-state index contributed by atoms with van der Waals surface area (Å²) in [6, 6.07) is 0.439. The number of nitrogens with one attached hydrogen (secondary N) is 3. The molecular formula is C9H16N4. The van der Waals surface area contributed by atoms with Crippen LogP contribution in [0.25, 0.3) is 0 Å². The fourth-order valence-electron chi connectivity index (χ4n) is 1.62. The maximum absolute atomic E-state index is 4.26. The van der Waals surface area contributed by atoms with Crippen molar-refractivity contribution in [2.24, 2.45) is 0 Å². The third kappa shape index (κ3) is 1.67. The normalized spacial score (nSPS) is 15.9. The van der Waals surface area contributed by atoms with Crippen LogP contribution in [0.5, 0.6) is 0 Å². The minimum atomic E-state index is 0.439. The van der Waals surface area contributed by atoms with Crippen molar-refractivity contribution in [1.82, 2.24) is 15.5 Å². The fraction of sp³-hybridized carbons (Fsp3) is 0.667. The Hall–Kier alpha value is -1.03. The lowest BCUT2D eigenvalue weighted by atomic mass is 10.1. The molecule has 0 aromatic carbocycles. The largest absolute Gasteiger partial charge is 0.366 e. The third-order valence-corrected chi connectivity index (χ3v) is 2.23. The van der Waals surface area contributed by atoms with Crippen molar-refractivity contribution >= 4 is 5.82 Å². The zero-order valence-electron chi connectivity index (χ0n) is 8.15. The van der Waals surface area contributed by atoms with Crippen molar-refractivity contribution in [2.45, 2.75) is 32.9 Å². The number of fused-ring (bicyclic) bond motifs is 1. The van der Waals surface area contributed by atoms with Gasteiger partial charge in [-0.05, 0) is 13.8 Å². The Morgan fingerprint density at radius 2 is 2.31 bits per heavy atom. The first-order chi connectivity index (χ1) is 6.27. The predicted octanol–water partition coefficient (Wildman–Crippen LogP) is 0.876. The van der Waals surface area contributed by atoms with Gasteiger partial charge in [-0.1, -0.05) is 0 Å². The van der Waals surface area contributed by atoms with Gasteiger partial charge in [-0.15, -0.1) is 0 Å². The van der Waals surface area contributed by atoms with Crippen LogP contribution in [-0.2, 0) is 13.0 Å². The highest BCUT2D eigenvalue weighted by Gasteiger charge is 2.16. The number of nitrogens with zero attached hydrogens (tertiary/aromatic N) is 1. The molecule has 1 aromatic heterocycles. The Morgan fingerprint density at radius 1 is 1.46 bits per heavy atom. The molecule has 2 heterocycles. The molecule has 1 aromatic rings. The smallest absolute Gasteiger partial charge is 0.152 e. The van der Waals surface area contributed by atoms with E-state index >= 15 is 0 Å². The number of rotatable bonds is 2. The van der Waals surface area contributed by atoms with E-state index < -0.39 is 0 Å². The van der Waals surface area contributed by atoms with Gasteiger partial charge < -0.3 is 10.6 Å². The highest BCUT2D eigenvalue weighted by atomic mass is 15.2. The second kappa shape index (κ2) is 3.38. The van der Waals surface area contributed by atoms with Crippen LogP contribution in [0, 0.1) is 0 Å². The van der Waals surface area contributed by atoms with E-state index in [0.717, 1.165) is 25.3 Å². The van der Waals surface area contributed by atoms with E-state index in [9.17, 15) is 0 Å². The zero-order chi connectivity index (χ0) is 9.26. The molecule has 2 rings (SSSR count). The van der Waals surface area contributed by atoms with E-state index in [-0.39, 0.29) is 0 Å². The number of hydrogen-bond donors (Lipinski definition) is 3. The van der Waals surface area contributed by atoms with E-state index in [4.69, 9.17) is 0 Å².